The second kappa shape index (κ2) is 35.7. The molecule has 0 saturated heterocycles. The summed E-state index contributed by atoms with van der Waals surface area (Å²) >= 11 is 0. The Bertz CT molecular complexity index is 591. The number of amides is 2. The highest BCUT2D eigenvalue weighted by Crippen LogP contribution is 2.13. The summed E-state index contributed by atoms with van der Waals surface area (Å²) in [5.74, 6) is 0.120. The highest BCUT2D eigenvalue weighted by molar-refractivity contribution is 5.79. The highest BCUT2D eigenvalue weighted by Gasteiger charge is 2.17. The van der Waals surface area contributed by atoms with Crippen LogP contribution in [0.4, 0.5) is 0 Å². The van der Waals surface area contributed by atoms with Crippen molar-refractivity contribution < 1.29 is 14.3 Å². The zero-order valence-corrected chi connectivity index (χ0v) is 31.2. The van der Waals surface area contributed by atoms with Crippen LogP contribution < -0.4 is 0 Å². The first kappa shape index (κ1) is 43.9. The Labute approximate surface area is 282 Å². The molecule has 0 N–H and O–H groups in total. The van der Waals surface area contributed by atoms with Gasteiger partial charge in [-0.15, -0.1) is 0 Å². The van der Waals surface area contributed by atoms with Crippen molar-refractivity contribution in [3.63, 3.8) is 0 Å². The molecule has 45 heavy (non-hydrogen) atoms. The van der Waals surface area contributed by atoms with Gasteiger partial charge in [-0.05, 0) is 25.7 Å². The van der Waals surface area contributed by atoms with Crippen LogP contribution in [0.5, 0.6) is 0 Å². The summed E-state index contributed by atoms with van der Waals surface area (Å²) in [5, 5.41) is 0. The minimum Gasteiger partial charge on any atom is -0.362 e. The lowest BCUT2D eigenvalue weighted by Crippen LogP contribution is -2.39. The summed E-state index contributed by atoms with van der Waals surface area (Å²) < 4.78 is 5.82. The van der Waals surface area contributed by atoms with E-state index in [9.17, 15) is 9.59 Å². The smallest absolute Gasteiger partial charge is 0.248 e. The molecule has 2 amide bonds. The molecule has 0 radical (unpaired) electrons. The van der Waals surface area contributed by atoms with Crippen LogP contribution in [0, 0.1) is 0 Å². The van der Waals surface area contributed by atoms with Crippen molar-refractivity contribution in [2.75, 3.05) is 39.4 Å². The summed E-state index contributed by atoms with van der Waals surface area (Å²) in [6, 6.07) is 0. The maximum atomic E-state index is 13.2. The van der Waals surface area contributed by atoms with Crippen LogP contribution in [0.2, 0.25) is 0 Å². The van der Waals surface area contributed by atoms with Crippen LogP contribution in [-0.4, -0.2) is 61.0 Å². The third-order valence-electron chi connectivity index (χ3n) is 9.28. The molecule has 0 atom stereocenters. The normalized spacial score (nSPS) is 11.3. The number of carbonyl (C=O) groups is 2. The van der Waals surface area contributed by atoms with E-state index >= 15 is 0 Å². The van der Waals surface area contributed by atoms with E-state index in [-0.39, 0.29) is 25.0 Å². The topological polar surface area (TPSA) is 49.9 Å². The summed E-state index contributed by atoms with van der Waals surface area (Å²) in [7, 11) is 0. The van der Waals surface area contributed by atoms with Crippen molar-refractivity contribution >= 4 is 11.8 Å². The Hall–Kier alpha value is -1.10. The molecule has 0 aliphatic rings. The standard InChI is InChI=1S/C40H80N2O3/c1-5-9-13-17-21-23-27-31-35-42(36-32-28-24-22-18-14-10-6-2)40(44)38-45-37-39(43)41(33-29-25-19-15-11-7-3)34-30-26-20-16-12-8-4/h5-38H2,1-4H3. The van der Waals surface area contributed by atoms with Gasteiger partial charge in [0.25, 0.3) is 0 Å². The van der Waals surface area contributed by atoms with Crippen molar-refractivity contribution in [1.82, 2.24) is 9.80 Å². The van der Waals surface area contributed by atoms with Gasteiger partial charge in [-0.2, -0.15) is 0 Å². The number of hydrogen-bond acceptors (Lipinski definition) is 3. The zero-order chi connectivity index (χ0) is 33.1. The van der Waals surface area contributed by atoms with Gasteiger partial charge >= 0.3 is 0 Å². The molecule has 5 heteroatoms. The third kappa shape index (κ3) is 30.0. The van der Waals surface area contributed by atoms with Gasteiger partial charge in [-0.3, -0.25) is 9.59 Å². The lowest BCUT2D eigenvalue weighted by atomic mass is 10.1. The highest BCUT2D eigenvalue weighted by atomic mass is 16.5. The molecular weight excluding hydrogens is 556 g/mol. The Kier molecular flexibility index (Phi) is 34.9. The van der Waals surface area contributed by atoms with Gasteiger partial charge in [0.1, 0.15) is 13.2 Å². The second-order valence-corrected chi connectivity index (χ2v) is 13.7. The molecule has 0 fully saturated rings. The Morgan fingerprint density at radius 1 is 0.333 bits per heavy atom. The van der Waals surface area contributed by atoms with Gasteiger partial charge in [0.2, 0.25) is 11.8 Å². The van der Waals surface area contributed by atoms with Crippen LogP contribution in [0.3, 0.4) is 0 Å². The number of nitrogens with zero attached hydrogens (tertiary/aromatic N) is 2. The van der Waals surface area contributed by atoms with Crippen molar-refractivity contribution in [1.29, 1.82) is 0 Å². The molecule has 268 valence electrons. The van der Waals surface area contributed by atoms with Gasteiger partial charge in [-0.25, -0.2) is 0 Å². The first-order valence-corrected chi connectivity index (χ1v) is 20.2. The molecule has 0 bridgehead atoms. The fourth-order valence-corrected chi connectivity index (χ4v) is 6.17. The molecule has 0 saturated carbocycles. The number of hydrogen-bond donors (Lipinski definition) is 0. The third-order valence-corrected chi connectivity index (χ3v) is 9.28. The van der Waals surface area contributed by atoms with Gasteiger partial charge < -0.3 is 14.5 Å². The van der Waals surface area contributed by atoms with E-state index < -0.39 is 0 Å². The van der Waals surface area contributed by atoms with E-state index in [0.29, 0.717) is 0 Å². The molecule has 0 aromatic heterocycles. The van der Waals surface area contributed by atoms with E-state index in [1.54, 1.807) is 0 Å². The SMILES string of the molecule is CCCCCCCCCCN(CCCCCCCCCC)C(=O)COCC(=O)N(CCCCCCCC)CCCCCCCC. The summed E-state index contributed by atoms with van der Waals surface area (Å²) in [4.78, 5) is 30.5. The zero-order valence-electron chi connectivity index (χ0n) is 31.2. The lowest BCUT2D eigenvalue weighted by Gasteiger charge is -2.24. The molecule has 5 nitrogen and oxygen atoms in total. The summed E-state index contributed by atoms with van der Waals surface area (Å²) in [6.45, 7) is 12.4. The van der Waals surface area contributed by atoms with E-state index in [0.717, 1.165) is 51.9 Å². The van der Waals surface area contributed by atoms with Gasteiger partial charge in [-0.1, -0.05) is 182 Å². The maximum absolute atomic E-state index is 13.2. The van der Waals surface area contributed by atoms with E-state index in [4.69, 9.17) is 4.74 Å². The van der Waals surface area contributed by atoms with E-state index in [1.165, 1.54) is 154 Å². The maximum Gasteiger partial charge on any atom is 0.248 e. The quantitative estimate of drug-likeness (QED) is 0.0643. The molecule has 0 unspecified atom stereocenters. The average molecular weight is 637 g/mol. The first-order valence-electron chi connectivity index (χ1n) is 20.2. The molecule has 0 rings (SSSR count). The van der Waals surface area contributed by atoms with Crippen molar-refractivity contribution in [3.05, 3.63) is 0 Å². The van der Waals surface area contributed by atoms with Gasteiger partial charge in [0.05, 0.1) is 0 Å². The van der Waals surface area contributed by atoms with E-state index in [2.05, 4.69) is 27.7 Å². The Balaban J connectivity index is 4.70. The molecular formula is C40H80N2O3. The molecule has 0 aromatic carbocycles. The predicted octanol–water partition coefficient (Wildman–Crippen LogP) is 11.7. The van der Waals surface area contributed by atoms with Crippen LogP contribution >= 0.6 is 0 Å². The monoisotopic (exact) mass is 637 g/mol. The van der Waals surface area contributed by atoms with Crippen LogP contribution in [-0.2, 0) is 14.3 Å². The van der Waals surface area contributed by atoms with E-state index in [1.807, 2.05) is 9.80 Å². The van der Waals surface area contributed by atoms with Crippen LogP contribution in [0.25, 0.3) is 0 Å². The predicted molar refractivity (Wildman–Crippen MR) is 196 cm³/mol. The number of carbonyl (C=O) groups excluding carboxylic acids is 2. The minimum atomic E-state index is 0.0285. The Morgan fingerprint density at radius 2 is 0.533 bits per heavy atom. The molecule has 0 aliphatic heterocycles. The summed E-state index contributed by atoms with van der Waals surface area (Å²) in [5.41, 5.74) is 0. The van der Waals surface area contributed by atoms with Crippen molar-refractivity contribution in [2.24, 2.45) is 0 Å². The minimum absolute atomic E-state index is 0.0285. The molecule has 0 aliphatic carbocycles. The van der Waals surface area contributed by atoms with Crippen molar-refractivity contribution in [3.8, 4) is 0 Å². The molecule has 0 spiro atoms. The van der Waals surface area contributed by atoms with Gasteiger partial charge in [0.15, 0.2) is 0 Å². The van der Waals surface area contributed by atoms with Crippen LogP contribution in [0.1, 0.15) is 207 Å². The lowest BCUT2D eigenvalue weighted by molar-refractivity contribution is -0.142. The fourth-order valence-electron chi connectivity index (χ4n) is 6.17. The first-order chi connectivity index (χ1) is 22.1. The summed E-state index contributed by atoms with van der Waals surface area (Å²) in [6.07, 6.45) is 35.1. The second-order valence-electron chi connectivity index (χ2n) is 13.7. The van der Waals surface area contributed by atoms with Crippen molar-refractivity contribution in [2.45, 2.75) is 207 Å². The number of unbranched alkanes of at least 4 members (excludes halogenated alkanes) is 24. The fraction of sp³-hybridized carbons (Fsp3) is 0.950. The average Bonchev–Trinajstić information content (AvgIpc) is 3.04. The van der Waals surface area contributed by atoms with Crippen LogP contribution in [0.15, 0.2) is 0 Å². The molecule has 0 heterocycles. The molecule has 0 aromatic rings. The van der Waals surface area contributed by atoms with Gasteiger partial charge in [0, 0.05) is 26.2 Å². The largest absolute Gasteiger partial charge is 0.362 e. The number of rotatable bonds is 36. The number of ether oxygens (including phenoxy) is 1. The Morgan fingerprint density at radius 3 is 0.756 bits per heavy atom.